The van der Waals surface area contributed by atoms with E-state index in [4.69, 9.17) is 13.6 Å². The van der Waals surface area contributed by atoms with Gasteiger partial charge in [0.1, 0.15) is 5.75 Å². The summed E-state index contributed by atoms with van der Waals surface area (Å²) in [5.74, 6) is 0.339. The summed E-state index contributed by atoms with van der Waals surface area (Å²) in [7, 11) is -3.77. The zero-order valence-electron chi connectivity index (χ0n) is 53.6. The summed E-state index contributed by atoms with van der Waals surface area (Å²) in [6.45, 7) is 18.2. The number of phosphoric ester groups is 1. The van der Waals surface area contributed by atoms with Gasteiger partial charge in [-0.15, -0.1) is 0 Å². The molecule has 1 aromatic carbocycles. The molecule has 0 bridgehead atoms. The highest BCUT2D eigenvalue weighted by Crippen LogP contribution is 2.51. The first-order valence-corrected chi connectivity index (χ1v) is 36.2. The zero-order valence-corrected chi connectivity index (χ0v) is 54.5. The monoisotopic (exact) mass is 1100 g/mol. The van der Waals surface area contributed by atoms with Crippen LogP contribution in [-0.4, -0.2) is 18.3 Å². The lowest BCUT2D eigenvalue weighted by Crippen LogP contribution is -2.18. The lowest BCUT2D eigenvalue weighted by Gasteiger charge is -2.28. The Morgan fingerprint density at radius 1 is 0.312 bits per heavy atom. The number of phenols is 1. The van der Waals surface area contributed by atoms with Crippen molar-refractivity contribution < 1.29 is 23.2 Å². The maximum atomic E-state index is 14.2. The fourth-order valence-electron chi connectivity index (χ4n) is 11.4. The van der Waals surface area contributed by atoms with E-state index in [0.29, 0.717) is 19.0 Å². The first kappa shape index (κ1) is 74.1. The van der Waals surface area contributed by atoms with E-state index in [9.17, 15) is 9.67 Å². The highest BCUT2D eigenvalue weighted by atomic mass is 31.2. The molecule has 0 spiro atoms. The molecule has 1 N–H and O–H groups in total. The van der Waals surface area contributed by atoms with E-state index in [0.717, 1.165) is 42.4 Å². The normalized spacial score (nSPS) is 12.4. The molecular weight excluding hydrogens is 964 g/mol. The second kappa shape index (κ2) is 52.0. The summed E-state index contributed by atoms with van der Waals surface area (Å²) >= 11 is 0. The third-order valence-corrected chi connectivity index (χ3v) is 18.1. The molecule has 0 aromatic heterocycles. The van der Waals surface area contributed by atoms with E-state index in [-0.39, 0.29) is 17.4 Å². The van der Waals surface area contributed by atoms with Gasteiger partial charge in [0.25, 0.3) is 0 Å². The van der Waals surface area contributed by atoms with Gasteiger partial charge in [0.05, 0.1) is 19.8 Å². The molecule has 0 fully saturated rings. The number of hydrogen-bond acceptors (Lipinski definition) is 5. The molecule has 1 aromatic rings. The minimum Gasteiger partial charge on any atom is -0.507 e. The van der Waals surface area contributed by atoms with Crippen molar-refractivity contribution in [1.82, 2.24) is 0 Å². The third kappa shape index (κ3) is 46.3. The van der Waals surface area contributed by atoms with Crippen molar-refractivity contribution in [2.45, 2.75) is 407 Å². The van der Waals surface area contributed by atoms with Crippen molar-refractivity contribution >= 4 is 7.82 Å². The Kier molecular flexibility index (Phi) is 50.0. The minimum atomic E-state index is -3.77. The molecule has 0 atom stereocenters. The topological polar surface area (TPSA) is 65.0 Å². The SMILES string of the molecule is CCCCCCCCCCCCCCCCCCCCCCCCCCCCOP(=O)(OCCCCCCCCCCCCCCCCCCCCCCCCCCCC)OCc1cc(C(C)(C)C)c(O)c(C(C)(C)C)c1. The molecule has 0 heterocycles. The Hall–Kier alpha value is -0.870. The number of unbranched alkanes of at least 4 members (excludes halogenated alkanes) is 50. The molecule has 5 nitrogen and oxygen atoms in total. The summed E-state index contributed by atoms with van der Waals surface area (Å²) in [6, 6.07) is 4.00. The summed E-state index contributed by atoms with van der Waals surface area (Å²) in [6.07, 6.45) is 71.4. The Morgan fingerprint density at radius 3 is 0.675 bits per heavy atom. The smallest absolute Gasteiger partial charge is 0.475 e. The Balaban J connectivity index is 2.24. The Bertz CT molecular complexity index is 1350. The van der Waals surface area contributed by atoms with Gasteiger partial charge in [0.2, 0.25) is 0 Å². The number of phenolic OH excluding ortho intramolecular Hbond substituents is 1. The second-order valence-corrected chi connectivity index (χ2v) is 28.3. The largest absolute Gasteiger partial charge is 0.507 e. The molecular formula is C71H137O5P. The van der Waals surface area contributed by atoms with Crippen molar-refractivity contribution in [3.63, 3.8) is 0 Å². The highest BCUT2D eigenvalue weighted by Gasteiger charge is 2.30. The summed E-state index contributed by atoms with van der Waals surface area (Å²) in [5, 5.41) is 11.3. The number of phosphoric acid groups is 1. The van der Waals surface area contributed by atoms with Crippen LogP contribution in [0.15, 0.2) is 12.1 Å². The van der Waals surface area contributed by atoms with Gasteiger partial charge in [0, 0.05) is 0 Å². The molecule has 0 amide bonds. The molecule has 1 rings (SSSR count). The van der Waals surface area contributed by atoms with Crippen molar-refractivity contribution in [2.24, 2.45) is 0 Å². The van der Waals surface area contributed by atoms with Crippen LogP contribution in [0.1, 0.15) is 406 Å². The van der Waals surface area contributed by atoms with Gasteiger partial charge in [-0.25, -0.2) is 4.57 Å². The third-order valence-electron chi connectivity index (χ3n) is 16.7. The molecule has 0 aliphatic rings. The van der Waals surface area contributed by atoms with E-state index in [1.807, 2.05) is 12.1 Å². The molecule has 77 heavy (non-hydrogen) atoms. The van der Waals surface area contributed by atoms with Crippen LogP contribution >= 0.6 is 7.82 Å². The van der Waals surface area contributed by atoms with Crippen molar-refractivity contribution in [2.75, 3.05) is 13.2 Å². The lowest BCUT2D eigenvalue weighted by molar-refractivity contribution is 0.105. The Morgan fingerprint density at radius 2 is 0.494 bits per heavy atom. The van der Waals surface area contributed by atoms with Crippen LogP contribution in [0, 0.1) is 0 Å². The quantitative estimate of drug-likeness (QED) is 0.0520. The standard InChI is InChI=1S/C71H137O5P/c1-9-11-13-15-17-19-21-23-25-27-29-31-33-35-37-39-41-43-45-47-49-51-53-55-57-59-61-74-77(73,76-65-66-63-67(70(3,4)5)69(72)68(64-66)71(6,7)8)75-62-60-58-56-54-52-50-48-46-44-42-40-38-36-34-32-30-28-26-24-22-20-18-16-14-12-10-2/h63-64,72H,9-62,65H2,1-8H3. The second-order valence-electron chi connectivity index (χ2n) is 26.6. The number of benzene rings is 1. The minimum absolute atomic E-state index is 0.114. The first-order valence-electron chi connectivity index (χ1n) is 34.7. The number of aromatic hydroxyl groups is 1. The van der Waals surface area contributed by atoms with E-state index in [1.165, 1.54) is 308 Å². The van der Waals surface area contributed by atoms with Crippen LogP contribution in [0.25, 0.3) is 0 Å². The maximum Gasteiger partial charge on any atom is 0.475 e. The fourth-order valence-corrected chi connectivity index (χ4v) is 12.6. The van der Waals surface area contributed by atoms with Crippen LogP contribution in [0.4, 0.5) is 0 Å². The molecule has 0 radical (unpaired) electrons. The molecule has 0 saturated carbocycles. The van der Waals surface area contributed by atoms with Crippen LogP contribution in [0.5, 0.6) is 5.75 Å². The van der Waals surface area contributed by atoms with Gasteiger partial charge < -0.3 is 5.11 Å². The predicted molar refractivity (Wildman–Crippen MR) is 341 cm³/mol. The van der Waals surface area contributed by atoms with Crippen molar-refractivity contribution in [3.05, 3.63) is 28.8 Å². The van der Waals surface area contributed by atoms with Gasteiger partial charge in [-0.2, -0.15) is 0 Å². The van der Waals surface area contributed by atoms with Gasteiger partial charge in [-0.3, -0.25) is 13.6 Å². The van der Waals surface area contributed by atoms with Crippen LogP contribution in [0.3, 0.4) is 0 Å². The van der Waals surface area contributed by atoms with Crippen molar-refractivity contribution in [1.29, 1.82) is 0 Å². The van der Waals surface area contributed by atoms with Gasteiger partial charge in [0.15, 0.2) is 0 Å². The van der Waals surface area contributed by atoms with E-state index < -0.39 is 7.82 Å². The molecule has 0 aliphatic heterocycles. The fraction of sp³-hybridized carbons (Fsp3) is 0.915. The van der Waals surface area contributed by atoms with Crippen LogP contribution in [-0.2, 0) is 35.6 Å². The van der Waals surface area contributed by atoms with E-state index in [2.05, 4.69) is 55.4 Å². The van der Waals surface area contributed by atoms with Gasteiger partial charge in [-0.1, -0.05) is 376 Å². The Labute approximate surface area is 483 Å². The molecule has 6 heteroatoms. The van der Waals surface area contributed by atoms with Crippen LogP contribution < -0.4 is 0 Å². The first-order chi connectivity index (χ1) is 37.3. The number of rotatable bonds is 59. The maximum absolute atomic E-state index is 14.2. The summed E-state index contributed by atoms with van der Waals surface area (Å²) in [5.41, 5.74) is 2.11. The molecule has 0 unspecified atom stereocenters. The number of hydrogen-bond donors (Lipinski definition) is 1. The average Bonchev–Trinajstić information content (AvgIpc) is 3.40. The zero-order chi connectivity index (χ0) is 56.2. The van der Waals surface area contributed by atoms with Gasteiger partial charge in [-0.05, 0) is 52.5 Å². The summed E-state index contributed by atoms with van der Waals surface area (Å²) in [4.78, 5) is 0. The van der Waals surface area contributed by atoms with E-state index in [1.54, 1.807) is 0 Å². The lowest BCUT2D eigenvalue weighted by atomic mass is 9.78. The highest BCUT2D eigenvalue weighted by molar-refractivity contribution is 7.48. The van der Waals surface area contributed by atoms with Gasteiger partial charge >= 0.3 is 7.82 Å². The van der Waals surface area contributed by atoms with E-state index >= 15 is 0 Å². The molecule has 0 saturated heterocycles. The average molecular weight is 1100 g/mol. The molecule has 0 aliphatic carbocycles. The predicted octanol–water partition coefficient (Wildman–Crippen LogP) is 26.0. The van der Waals surface area contributed by atoms with Crippen molar-refractivity contribution in [3.8, 4) is 5.75 Å². The summed E-state index contributed by atoms with van der Waals surface area (Å²) < 4.78 is 32.4. The van der Waals surface area contributed by atoms with Crippen LogP contribution in [0.2, 0.25) is 0 Å². The molecule has 456 valence electrons.